The minimum absolute atomic E-state index is 0.0561. The number of fused-ring (bicyclic) bond motifs is 3. The van der Waals surface area contributed by atoms with Crippen molar-refractivity contribution in [2.75, 3.05) is 11.3 Å². The lowest BCUT2D eigenvalue weighted by atomic mass is 10.1. The van der Waals surface area contributed by atoms with Gasteiger partial charge in [0.05, 0.1) is 28.5 Å². The van der Waals surface area contributed by atoms with E-state index in [0.717, 1.165) is 22.3 Å². The number of nitrogens with one attached hydrogen (secondary N) is 2. The Labute approximate surface area is 209 Å². The van der Waals surface area contributed by atoms with Crippen LogP contribution in [0.4, 0.5) is 5.69 Å². The molecule has 0 saturated heterocycles. The monoisotopic (exact) mass is 497 g/mol. The molecule has 0 unspecified atom stereocenters. The van der Waals surface area contributed by atoms with E-state index in [4.69, 9.17) is 4.74 Å². The van der Waals surface area contributed by atoms with Gasteiger partial charge in [-0.1, -0.05) is 60.7 Å². The number of rotatable bonds is 7. The molecule has 0 spiro atoms. The maximum Gasteiger partial charge on any atom is 0.273 e. The van der Waals surface area contributed by atoms with Crippen LogP contribution in [-0.2, 0) is 10.0 Å². The zero-order valence-electron chi connectivity index (χ0n) is 19.4. The Hall–Kier alpha value is -4.43. The number of carbonyl (C=O) groups excluding carboxylic acids is 1. The van der Waals surface area contributed by atoms with Gasteiger partial charge in [-0.2, -0.15) is 5.10 Å². The second kappa shape index (κ2) is 9.67. The van der Waals surface area contributed by atoms with Gasteiger partial charge in [-0.15, -0.1) is 0 Å². The summed E-state index contributed by atoms with van der Waals surface area (Å²) in [6.45, 7) is 2.33. The Bertz CT molecular complexity index is 1530. The van der Waals surface area contributed by atoms with Crippen LogP contribution in [0.25, 0.3) is 11.1 Å². The number of benzene rings is 4. The maximum atomic E-state index is 13.1. The molecule has 0 fully saturated rings. The van der Waals surface area contributed by atoms with Gasteiger partial charge in [0, 0.05) is 11.1 Å². The fourth-order valence-electron chi connectivity index (χ4n) is 4.14. The Kier molecular flexibility index (Phi) is 6.26. The van der Waals surface area contributed by atoms with E-state index in [1.807, 2.05) is 55.5 Å². The van der Waals surface area contributed by atoms with Crippen molar-refractivity contribution in [3.63, 3.8) is 0 Å². The van der Waals surface area contributed by atoms with Crippen LogP contribution in [0, 0.1) is 0 Å². The smallest absolute Gasteiger partial charge is 0.273 e. The zero-order valence-corrected chi connectivity index (χ0v) is 20.2. The van der Waals surface area contributed by atoms with Crippen LogP contribution < -0.4 is 14.9 Å². The highest BCUT2D eigenvalue weighted by atomic mass is 32.2. The van der Waals surface area contributed by atoms with Crippen molar-refractivity contribution in [2.45, 2.75) is 11.8 Å². The van der Waals surface area contributed by atoms with Gasteiger partial charge in [0.1, 0.15) is 5.75 Å². The first-order valence-electron chi connectivity index (χ1n) is 11.4. The van der Waals surface area contributed by atoms with E-state index in [2.05, 4.69) is 15.2 Å². The number of nitrogens with zero attached hydrogens (tertiary/aromatic N) is 1. The fourth-order valence-corrected chi connectivity index (χ4v) is 5.22. The molecule has 8 heteroatoms. The lowest BCUT2D eigenvalue weighted by Gasteiger charge is -2.12. The summed E-state index contributed by atoms with van der Waals surface area (Å²) >= 11 is 0. The second-order valence-corrected chi connectivity index (χ2v) is 9.73. The van der Waals surface area contributed by atoms with E-state index in [1.54, 1.807) is 30.3 Å². The van der Waals surface area contributed by atoms with Gasteiger partial charge >= 0.3 is 0 Å². The van der Waals surface area contributed by atoms with Crippen molar-refractivity contribution in [3.8, 4) is 16.9 Å². The van der Waals surface area contributed by atoms with Gasteiger partial charge in [-0.25, -0.2) is 13.8 Å². The quantitative estimate of drug-likeness (QED) is 0.308. The third-order valence-corrected chi connectivity index (χ3v) is 7.17. The molecule has 2 N–H and O–H groups in total. The first-order chi connectivity index (χ1) is 17.5. The highest BCUT2D eigenvalue weighted by Crippen LogP contribution is 2.36. The molecule has 36 heavy (non-hydrogen) atoms. The van der Waals surface area contributed by atoms with Crippen molar-refractivity contribution < 1.29 is 17.9 Å². The second-order valence-electron chi connectivity index (χ2n) is 8.05. The normalized spacial score (nSPS) is 11.9. The van der Waals surface area contributed by atoms with Gasteiger partial charge in [0.2, 0.25) is 0 Å². The van der Waals surface area contributed by atoms with Crippen LogP contribution >= 0.6 is 0 Å². The summed E-state index contributed by atoms with van der Waals surface area (Å²) < 4.78 is 33.8. The van der Waals surface area contributed by atoms with Crippen LogP contribution in [0.5, 0.6) is 5.75 Å². The highest BCUT2D eigenvalue weighted by Gasteiger charge is 2.25. The molecule has 0 bridgehead atoms. The van der Waals surface area contributed by atoms with Crippen molar-refractivity contribution in [1.82, 2.24) is 5.43 Å². The summed E-state index contributed by atoms with van der Waals surface area (Å²) in [7, 11) is -3.93. The van der Waals surface area contributed by atoms with Crippen LogP contribution in [0.1, 0.15) is 28.4 Å². The van der Waals surface area contributed by atoms with Crippen molar-refractivity contribution in [3.05, 3.63) is 114 Å². The predicted molar refractivity (Wildman–Crippen MR) is 140 cm³/mol. The van der Waals surface area contributed by atoms with E-state index >= 15 is 0 Å². The van der Waals surface area contributed by atoms with Crippen LogP contribution in [0.3, 0.4) is 0 Å². The van der Waals surface area contributed by atoms with Gasteiger partial charge < -0.3 is 4.74 Å². The first kappa shape index (κ1) is 23.3. The molecule has 4 aromatic carbocycles. The van der Waals surface area contributed by atoms with Crippen molar-refractivity contribution >= 4 is 27.3 Å². The van der Waals surface area contributed by atoms with Crippen LogP contribution in [-0.4, -0.2) is 26.6 Å². The number of hydrogen-bond donors (Lipinski definition) is 2. The average Bonchev–Trinajstić information content (AvgIpc) is 3.21. The molecule has 1 aliphatic rings. The number of sulfonamides is 1. The molecule has 0 saturated carbocycles. The molecule has 0 aliphatic heterocycles. The maximum absolute atomic E-state index is 13.1. The fraction of sp³-hybridized carbons (Fsp3) is 0.0714. The molecule has 0 radical (unpaired) electrons. The Morgan fingerprint density at radius 2 is 1.33 bits per heavy atom. The summed E-state index contributed by atoms with van der Waals surface area (Å²) in [6, 6.07) is 28.2. The summed E-state index contributed by atoms with van der Waals surface area (Å²) in [4.78, 5) is 13.2. The number of carbonyl (C=O) groups is 1. The molecule has 0 aromatic heterocycles. The molecule has 0 heterocycles. The molecule has 7 nitrogen and oxygen atoms in total. The van der Waals surface area contributed by atoms with E-state index in [-0.39, 0.29) is 16.1 Å². The third-order valence-electron chi connectivity index (χ3n) is 5.78. The van der Waals surface area contributed by atoms with Gasteiger partial charge in [0.15, 0.2) is 0 Å². The number of ether oxygens (including phenoxy) is 1. The Balaban J connectivity index is 1.41. The minimum Gasteiger partial charge on any atom is -0.494 e. The average molecular weight is 498 g/mol. The molecule has 1 aliphatic carbocycles. The summed E-state index contributed by atoms with van der Waals surface area (Å²) in [5, 5.41) is 4.43. The topological polar surface area (TPSA) is 96.9 Å². The van der Waals surface area contributed by atoms with Crippen molar-refractivity contribution in [2.24, 2.45) is 5.10 Å². The Morgan fingerprint density at radius 3 is 1.94 bits per heavy atom. The third kappa shape index (κ3) is 4.46. The lowest BCUT2D eigenvalue weighted by molar-refractivity contribution is 0.0956. The predicted octanol–water partition coefficient (Wildman–Crippen LogP) is 5.05. The lowest BCUT2D eigenvalue weighted by Crippen LogP contribution is -2.22. The van der Waals surface area contributed by atoms with E-state index in [0.29, 0.717) is 18.1 Å². The number of hydrazone groups is 1. The van der Waals surface area contributed by atoms with Gasteiger partial charge in [0.25, 0.3) is 15.9 Å². The minimum atomic E-state index is -3.93. The van der Waals surface area contributed by atoms with Crippen LogP contribution in [0.2, 0.25) is 0 Å². The summed E-state index contributed by atoms with van der Waals surface area (Å²) in [5.74, 6) is 0.0414. The standard InChI is InChI=1S/C28H23N3O4S/c1-2-35-19-15-17-20(18-16-19)36(33,34)31-26-14-8-7-13-25(26)28(32)30-29-27-23-11-5-3-9-21(23)22-10-4-6-12-24(22)27/h3-18,31H,2H2,1H3,(H,30,32). The first-order valence-corrected chi connectivity index (χ1v) is 12.9. The number of hydrogen-bond acceptors (Lipinski definition) is 5. The van der Waals surface area contributed by atoms with Crippen LogP contribution in [0.15, 0.2) is 107 Å². The van der Waals surface area contributed by atoms with Gasteiger partial charge in [-0.05, 0) is 54.4 Å². The van der Waals surface area contributed by atoms with E-state index in [1.165, 1.54) is 18.2 Å². The molecule has 1 amide bonds. The molecular formula is C28H23N3O4S. The molecule has 4 aromatic rings. The molecule has 180 valence electrons. The highest BCUT2D eigenvalue weighted by molar-refractivity contribution is 7.92. The van der Waals surface area contributed by atoms with E-state index < -0.39 is 15.9 Å². The summed E-state index contributed by atoms with van der Waals surface area (Å²) in [5.41, 5.74) is 7.49. The number of anilines is 1. The van der Waals surface area contributed by atoms with E-state index in [9.17, 15) is 13.2 Å². The number of para-hydroxylation sites is 1. The van der Waals surface area contributed by atoms with Crippen molar-refractivity contribution in [1.29, 1.82) is 0 Å². The molecule has 0 atom stereocenters. The molecule has 5 rings (SSSR count). The largest absolute Gasteiger partial charge is 0.494 e. The Morgan fingerprint density at radius 1 is 0.778 bits per heavy atom. The van der Waals surface area contributed by atoms with Gasteiger partial charge in [-0.3, -0.25) is 9.52 Å². The molecular weight excluding hydrogens is 474 g/mol. The SMILES string of the molecule is CCOc1ccc(S(=O)(=O)Nc2ccccc2C(=O)NN=C2c3ccccc3-c3ccccc32)cc1. The summed E-state index contributed by atoms with van der Waals surface area (Å²) in [6.07, 6.45) is 0. The number of amides is 1. The zero-order chi connectivity index (χ0) is 25.1.